The minimum absolute atomic E-state index is 0.00841. The van der Waals surface area contributed by atoms with Crippen LogP contribution >= 0.6 is 11.3 Å². The van der Waals surface area contributed by atoms with Gasteiger partial charge in [0.15, 0.2) is 10.8 Å². The third-order valence-corrected chi connectivity index (χ3v) is 6.89. The number of carbonyl (C=O) groups is 4. The number of β-lactam (4-membered cyclic amide) rings is 1. The van der Waals surface area contributed by atoms with Crippen LogP contribution in [0.5, 0.6) is 0 Å². The number of thiazole rings is 1. The summed E-state index contributed by atoms with van der Waals surface area (Å²) >= 11 is 1.04. The Labute approximate surface area is 234 Å². The molecule has 1 saturated heterocycles. The zero-order valence-corrected chi connectivity index (χ0v) is 22.8. The highest BCUT2D eigenvalue weighted by molar-refractivity contribution is 7.14. The van der Waals surface area contributed by atoms with E-state index < -0.39 is 36.0 Å². The van der Waals surface area contributed by atoms with Crippen LogP contribution in [-0.4, -0.2) is 95.4 Å². The van der Waals surface area contributed by atoms with Crippen molar-refractivity contribution in [2.24, 2.45) is 5.16 Å². The molecule has 14 nitrogen and oxygen atoms in total. The maximum atomic E-state index is 13.3. The number of aromatic nitrogens is 1. The lowest BCUT2D eigenvalue weighted by Gasteiger charge is -2.51. The van der Waals surface area contributed by atoms with E-state index in [1.807, 2.05) is 29.2 Å². The molecule has 1 aromatic heterocycles. The molecule has 1 fully saturated rings. The van der Waals surface area contributed by atoms with Crippen LogP contribution in [0.3, 0.4) is 0 Å². The average molecular weight is 572 g/mol. The van der Waals surface area contributed by atoms with Crippen LogP contribution < -0.4 is 10.6 Å². The Kier molecular flexibility index (Phi) is 8.83. The molecular weight excluding hydrogens is 542 g/mol. The number of nitrogens with one attached hydrogen (secondary N) is 2. The highest BCUT2D eigenvalue weighted by Crippen LogP contribution is 2.39. The molecule has 0 aliphatic carbocycles. The lowest BCUT2D eigenvalue weighted by atomic mass is 9.85. The van der Waals surface area contributed by atoms with E-state index in [4.69, 9.17) is 14.3 Å². The van der Waals surface area contributed by atoms with Gasteiger partial charge in [-0.2, -0.15) is 0 Å². The quantitative estimate of drug-likeness (QED) is 0.131. The lowest BCUT2D eigenvalue weighted by Crippen LogP contribution is -2.72. The SMILES string of the molecule is C=CCOC(=O)Nc1nc(/C(=N/OC)C(=O)N[C@H]2C(=O)N3C(C(=O)OCC=C)=C(N4C=CN(C)C4)CCC23)cs1. The maximum Gasteiger partial charge on any atom is 0.413 e. The zero-order chi connectivity index (χ0) is 28.8. The van der Waals surface area contributed by atoms with Crippen molar-refractivity contribution in [1.29, 1.82) is 0 Å². The van der Waals surface area contributed by atoms with E-state index in [2.05, 4.69) is 33.9 Å². The third-order valence-electron chi connectivity index (χ3n) is 6.13. The monoisotopic (exact) mass is 571 g/mol. The van der Waals surface area contributed by atoms with Gasteiger partial charge in [0, 0.05) is 24.8 Å². The molecule has 0 radical (unpaired) electrons. The van der Waals surface area contributed by atoms with Crippen molar-refractivity contribution in [3.05, 3.63) is 60.2 Å². The number of rotatable bonds is 11. The first-order valence-electron chi connectivity index (χ1n) is 12.2. The number of nitrogens with zero attached hydrogens (tertiary/aromatic N) is 5. The van der Waals surface area contributed by atoms with E-state index in [9.17, 15) is 19.2 Å². The fourth-order valence-corrected chi connectivity index (χ4v) is 5.10. The van der Waals surface area contributed by atoms with Crippen LogP contribution in [0.2, 0.25) is 0 Å². The van der Waals surface area contributed by atoms with Gasteiger partial charge < -0.3 is 29.4 Å². The first kappa shape index (κ1) is 28.4. The highest BCUT2D eigenvalue weighted by atomic mass is 32.1. The number of amides is 3. The smallest absolute Gasteiger partial charge is 0.413 e. The van der Waals surface area contributed by atoms with Gasteiger partial charge in [-0.25, -0.2) is 14.6 Å². The molecule has 4 rings (SSSR count). The van der Waals surface area contributed by atoms with Crippen molar-refractivity contribution in [3.63, 3.8) is 0 Å². The molecule has 1 unspecified atom stereocenters. The van der Waals surface area contributed by atoms with Gasteiger partial charge >= 0.3 is 12.1 Å². The van der Waals surface area contributed by atoms with Crippen molar-refractivity contribution in [2.45, 2.75) is 24.9 Å². The number of esters is 1. The zero-order valence-electron chi connectivity index (χ0n) is 22.0. The van der Waals surface area contributed by atoms with Crippen molar-refractivity contribution in [1.82, 2.24) is 25.0 Å². The summed E-state index contributed by atoms with van der Waals surface area (Å²) < 4.78 is 10.2. The first-order chi connectivity index (χ1) is 19.3. The van der Waals surface area contributed by atoms with E-state index in [0.29, 0.717) is 25.2 Å². The summed E-state index contributed by atoms with van der Waals surface area (Å²) in [4.78, 5) is 65.6. The summed E-state index contributed by atoms with van der Waals surface area (Å²) in [6.07, 6.45) is 6.83. The standard InChI is InChI=1S/C25H29N7O7S/c1-5-11-38-23(35)20-17(31-10-9-30(3)14-31)8-7-16-19(22(34)32(16)20)27-21(33)18(29-37-4)15-13-40-24(26-15)28-25(36)39-12-6-2/h5-6,9-10,13,16,19H,1-2,7-8,11-12,14H2,3-4H3,(H,27,33)(H,26,28,36)/b29-18-/t16?,19-/m1/s1. The Morgan fingerprint density at radius 1 is 1.23 bits per heavy atom. The van der Waals surface area contributed by atoms with Crippen molar-refractivity contribution >= 4 is 46.1 Å². The molecule has 15 heteroatoms. The predicted octanol–water partition coefficient (Wildman–Crippen LogP) is 1.33. The Morgan fingerprint density at radius 2 is 1.98 bits per heavy atom. The summed E-state index contributed by atoms with van der Waals surface area (Å²) in [5.74, 6) is -1.81. The molecule has 3 aliphatic rings. The minimum atomic E-state index is -0.903. The molecule has 0 bridgehead atoms. The number of oxime groups is 1. The van der Waals surface area contributed by atoms with Gasteiger partial charge in [-0.15, -0.1) is 11.3 Å². The first-order valence-corrected chi connectivity index (χ1v) is 13.1. The highest BCUT2D eigenvalue weighted by Gasteiger charge is 2.54. The van der Waals surface area contributed by atoms with Gasteiger partial charge in [0.05, 0.1) is 18.4 Å². The summed E-state index contributed by atoms with van der Waals surface area (Å²) in [5.41, 5.74) is 0.745. The lowest BCUT2D eigenvalue weighted by molar-refractivity contribution is -0.157. The number of fused-ring (bicyclic) bond motifs is 1. The van der Waals surface area contributed by atoms with Crippen LogP contribution in [0.15, 0.2) is 59.6 Å². The van der Waals surface area contributed by atoms with E-state index >= 15 is 0 Å². The molecule has 1 aromatic rings. The van der Waals surface area contributed by atoms with Crippen LogP contribution in [0.25, 0.3) is 0 Å². The maximum absolute atomic E-state index is 13.3. The molecule has 0 saturated carbocycles. The van der Waals surface area contributed by atoms with Crippen LogP contribution in [0, 0.1) is 0 Å². The normalized spacial score (nSPS) is 20.0. The van der Waals surface area contributed by atoms with E-state index in [0.717, 1.165) is 11.3 Å². The fraction of sp³-hybridized carbons (Fsp3) is 0.360. The number of anilines is 1. The van der Waals surface area contributed by atoms with Crippen LogP contribution in [0.4, 0.5) is 9.93 Å². The Bertz CT molecular complexity index is 1300. The number of carbonyl (C=O) groups excluding carboxylic acids is 4. The number of allylic oxidation sites excluding steroid dienone is 1. The summed E-state index contributed by atoms with van der Waals surface area (Å²) in [7, 11) is 3.16. The molecule has 0 spiro atoms. The second-order valence-electron chi connectivity index (χ2n) is 8.79. The van der Waals surface area contributed by atoms with Crippen molar-refractivity contribution in [2.75, 3.05) is 39.4 Å². The van der Waals surface area contributed by atoms with E-state index in [1.165, 1.54) is 29.5 Å². The Hall–Kier alpha value is -4.66. The number of hydrogen-bond acceptors (Lipinski definition) is 12. The van der Waals surface area contributed by atoms with Gasteiger partial charge in [0.25, 0.3) is 11.8 Å². The second-order valence-corrected chi connectivity index (χ2v) is 9.64. The van der Waals surface area contributed by atoms with Crippen LogP contribution in [-0.2, 0) is 28.7 Å². The molecule has 4 heterocycles. The average Bonchev–Trinajstić information content (AvgIpc) is 3.59. The minimum Gasteiger partial charge on any atom is -0.457 e. The van der Waals surface area contributed by atoms with Crippen molar-refractivity contribution in [3.8, 4) is 0 Å². The van der Waals surface area contributed by atoms with Gasteiger partial charge in [0.1, 0.15) is 37.8 Å². The third kappa shape index (κ3) is 5.83. The fourth-order valence-electron chi connectivity index (χ4n) is 4.42. The summed E-state index contributed by atoms with van der Waals surface area (Å²) in [5, 5.41) is 10.6. The van der Waals surface area contributed by atoms with Crippen molar-refractivity contribution < 1.29 is 33.5 Å². The molecule has 3 aliphatic heterocycles. The van der Waals surface area contributed by atoms with E-state index in [1.54, 1.807) is 0 Å². The molecule has 3 amide bonds. The Morgan fingerprint density at radius 3 is 2.65 bits per heavy atom. The predicted molar refractivity (Wildman–Crippen MR) is 144 cm³/mol. The van der Waals surface area contributed by atoms with Gasteiger partial charge in [-0.05, 0) is 12.8 Å². The molecule has 0 aromatic carbocycles. The molecule has 2 atom stereocenters. The van der Waals surface area contributed by atoms with Crippen LogP contribution in [0.1, 0.15) is 18.5 Å². The van der Waals surface area contributed by atoms with E-state index in [-0.39, 0.29) is 35.4 Å². The van der Waals surface area contributed by atoms with Gasteiger partial charge in [-0.1, -0.05) is 30.5 Å². The largest absolute Gasteiger partial charge is 0.457 e. The topological polar surface area (TPSA) is 155 Å². The molecule has 40 heavy (non-hydrogen) atoms. The summed E-state index contributed by atoms with van der Waals surface area (Å²) in [6.45, 7) is 7.57. The Balaban J connectivity index is 1.49. The molecular formula is C25H29N7O7S. The summed E-state index contributed by atoms with van der Waals surface area (Å²) in [6, 6.07) is -1.37. The van der Waals surface area contributed by atoms with Gasteiger partial charge in [0.2, 0.25) is 0 Å². The molecule has 212 valence electrons. The number of ether oxygens (including phenoxy) is 2. The number of hydrogen-bond donors (Lipinski definition) is 2. The molecule has 2 N–H and O–H groups in total. The van der Waals surface area contributed by atoms with Gasteiger partial charge in [-0.3, -0.25) is 19.8 Å². The second kappa shape index (κ2) is 12.5.